The molecular formula is C31H34F2N4O3S. The maximum atomic E-state index is 14.0. The number of benzene rings is 2. The number of aromatic nitrogens is 2. The number of ether oxygens (including phenoxy) is 1. The van der Waals surface area contributed by atoms with E-state index in [1.54, 1.807) is 23.9 Å². The molecule has 4 aliphatic rings. The quantitative estimate of drug-likeness (QED) is 0.406. The molecule has 1 aromatic heterocycles. The molecule has 7 nitrogen and oxygen atoms in total. The van der Waals surface area contributed by atoms with Crippen LogP contribution < -0.4 is 9.80 Å². The number of alkyl halides is 1. The molecule has 2 aliphatic carbocycles. The van der Waals surface area contributed by atoms with Gasteiger partial charge in [0.1, 0.15) is 12.0 Å². The molecule has 3 fully saturated rings. The van der Waals surface area contributed by atoms with Crippen LogP contribution in [0.5, 0.6) is 0 Å². The predicted octanol–water partition coefficient (Wildman–Crippen LogP) is 4.79. The third kappa shape index (κ3) is 4.65. The first-order chi connectivity index (χ1) is 19.9. The Hall–Kier alpha value is -3.24. The average molecular weight is 581 g/mol. The molecule has 0 bridgehead atoms. The van der Waals surface area contributed by atoms with Crippen molar-refractivity contribution in [2.45, 2.75) is 49.4 Å². The zero-order valence-electron chi connectivity index (χ0n) is 23.0. The highest BCUT2D eigenvalue weighted by Crippen LogP contribution is 2.54. The van der Waals surface area contributed by atoms with Crippen LogP contribution in [0.15, 0.2) is 59.1 Å². The average Bonchev–Trinajstić information content (AvgIpc) is 3.60. The molecule has 41 heavy (non-hydrogen) atoms. The van der Waals surface area contributed by atoms with Crippen molar-refractivity contribution >= 4 is 28.2 Å². The van der Waals surface area contributed by atoms with Gasteiger partial charge < -0.3 is 14.5 Å². The number of halogens is 2. The van der Waals surface area contributed by atoms with E-state index < -0.39 is 22.3 Å². The summed E-state index contributed by atoms with van der Waals surface area (Å²) in [7, 11) is -1.18. The van der Waals surface area contributed by atoms with E-state index in [4.69, 9.17) is 4.74 Å². The van der Waals surface area contributed by atoms with E-state index in [1.165, 1.54) is 17.7 Å². The van der Waals surface area contributed by atoms with Crippen molar-refractivity contribution in [3.05, 3.63) is 71.2 Å². The maximum absolute atomic E-state index is 14.0. The summed E-state index contributed by atoms with van der Waals surface area (Å²) in [6, 6.07) is 14.3. The van der Waals surface area contributed by atoms with Crippen LogP contribution in [0.4, 0.5) is 20.2 Å². The Labute approximate surface area is 240 Å². The maximum Gasteiger partial charge on any atom is 0.187 e. The van der Waals surface area contributed by atoms with E-state index in [0.29, 0.717) is 49.6 Å². The monoisotopic (exact) mass is 580 g/mol. The number of hydrogen-bond acceptors (Lipinski definition) is 6. The number of rotatable bonds is 7. The highest BCUT2D eigenvalue weighted by Gasteiger charge is 2.54. The smallest absolute Gasteiger partial charge is 0.187 e. The van der Waals surface area contributed by atoms with Gasteiger partial charge in [0.05, 0.1) is 17.5 Å². The number of fused-ring (bicyclic) bond motifs is 2. The highest BCUT2D eigenvalue weighted by molar-refractivity contribution is 7.72. The van der Waals surface area contributed by atoms with E-state index >= 15 is 0 Å². The molecule has 3 atom stereocenters. The Kier molecular flexibility index (Phi) is 6.65. The fourth-order valence-corrected chi connectivity index (χ4v) is 7.86. The fourth-order valence-electron chi connectivity index (χ4n) is 7.29. The van der Waals surface area contributed by atoms with E-state index in [0.717, 1.165) is 42.9 Å². The van der Waals surface area contributed by atoms with Gasteiger partial charge in [0.25, 0.3) is 0 Å². The van der Waals surface area contributed by atoms with Crippen molar-refractivity contribution in [3.8, 4) is 5.69 Å². The largest absolute Gasteiger partial charge is 0.380 e. The zero-order chi connectivity index (χ0) is 28.3. The Balaban J connectivity index is 1.30. The standard InChI is InChI=1S/C31H34F2N4O3S/c1-40-29(20-5-6-20)31-17-27-28(37(34-30(27)41(38)39)24-9-7-22(32)8-10-24)15-21(31)11-13-36(19-31)26-4-2-3-25(16-26)35-14-12-23(33)18-35/h2-4,7-10,15-16,20,23,29,41H,5-6,11-14,17-19H2,1H3/t23-,29+,31?/m0/s1. The molecule has 10 heteroatoms. The van der Waals surface area contributed by atoms with Crippen molar-refractivity contribution in [1.29, 1.82) is 0 Å². The minimum absolute atomic E-state index is 0.0635. The van der Waals surface area contributed by atoms with Gasteiger partial charge in [0, 0.05) is 55.6 Å². The highest BCUT2D eigenvalue weighted by atomic mass is 32.2. The van der Waals surface area contributed by atoms with Crippen LogP contribution in [0, 0.1) is 17.2 Å². The first kappa shape index (κ1) is 26.6. The van der Waals surface area contributed by atoms with E-state index in [9.17, 15) is 17.2 Å². The molecule has 0 spiro atoms. The van der Waals surface area contributed by atoms with Gasteiger partial charge in [-0.2, -0.15) is 5.10 Å². The first-order valence-electron chi connectivity index (χ1n) is 14.4. The molecule has 2 aliphatic heterocycles. The van der Waals surface area contributed by atoms with Crippen LogP contribution in [-0.4, -0.2) is 63.8 Å². The minimum atomic E-state index is -2.95. The van der Waals surface area contributed by atoms with E-state index in [1.807, 2.05) is 12.1 Å². The van der Waals surface area contributed by atoms with Crippen molar-refractivity contribution in [3.63, 3.8) is 0 Å². The van der Waals surface area contributed by atoms with Crippen LogP contribution in [0.25, 0.3) is 11.8 Å². The third-order valence-corrected chi connectivity index (χ3v) is 10.1. The number of piperidine rings is 1. The predicted molar refractivity (Wildman–Crippen MR) is 155 cm³/mol. The summed E-state index contributed by atoms with van der Waals surface area (Å²) in [6.45, 7) is 2.61. The van der Waals surface area contributed by atoms with Crippen LogP contribution >= 0.6 is 0 Å². The molecule has 3 heterocycles. The van der Waals surface area contributed by atoms with E-state index in [2.05, 4.69) is 33.1 Å². The zero-order valence-corrected chi connectivity index (χ0v) is 23.9. The summed E-state index contributed by atoms with van der Waals surface area (Å²) >= 11 is 0. The number of anilines is 2. The molecular weight excluding hydrogens is 546 g/mol. The van der Waals surface area contributed by atoms with Gasteiger partial charge in [-0.05, 0) is 86.6 Å². The second kappa shape index (κ2) is 10.2. The minimum Gasteiger partial charge on any atom is -0.380 e. The summed E-state index contributed by atoms with van der Waals surface area (Å²) < 4.78 is 60.5. The van der Waals surface area contributed by atoms with Gasteiger partial charge in [0.15, 0.2) is 15.7 Å². The summed E-state index contributed by atoms with van der Waals surface area (Å²) in [5.41, 5.74) is 4.98. The van der Waals surface area contributed by atoms with Gasteiger partial charge in [-0.25, -0.2) is 21.9 Å². The number of hydrogen-bond donors (Lipinski definition) is 1. The van der Waals surface area contributed by atoms with Gasteiger partial charge in [0.2, 0.25) is 0 Å². The molecule has 2 aromatic carbocycles. The summed E-state index contributed by atoms with van der Waals surface area (Å²) in [5, 5.41) is 4.59. The van der Waals surface area contributed by atoms with Gasteiger partial charge in [-0.15, -0.1) is 0 Å². The van der Waals surface area contributed by atoms with Crippen LogP contribution in [0.1, 0.15) is 36.9 Å². The molecule has 7 rings (SSSR count). The topological polar surface area (TPSA) is 67.7 Å². The Morgan fingerprint density at radius 2 is 1.78 bits per heavy atom. The lowest BCUT2D eigenvalue weighted by Crippen LogP contribution is -2.54. The molecule has 1 unspecified atom stereocenters. The lowest BCUT2D eigenvalue weighted by atomic mass is 9.63. The second-order valence-corrected chi connectivity index (χ2v) is 12.8. The normalized spacial score (nSPS) is 24.8. The fraction of sp³-hybridized carbons (Fsp3) is 0.452. The molecule has 216 valence electrons. The van der Waals surface area contributed by atoms with Crippen LogP contribution in [0.2, 0.25) is 0 Å². The molecule has 3 aromatic rings. The van der Waals surface area contributed by atoms with Gasteiger partial charge in [-0.1, -0.05) is 11.6 Å². The Morgan fingerprint density at radius 3 is 2.44 bits per heavy atom. The third-order valence-electron chi connectivity index (χ3n) is 9.35. The van der Waals surface area contributed by atoms with Gasteiger partial charge in [-0.3, -0.25) is 0 Å². The van der Waals surface area contributed by atoms with E-state index in [-0.39, 0.29) is 16.9 Å². The molecule has 0 N–H and O–H groups in total. The number of methoxy groups -OCH3 is 1. The molecule has 1 saturated carbocycles. The Bertz CT molecular complexity index is 1570. The lowest BCUT2D eigenvalue weighted by Gasteiger charge is -2.51. The van der Waals surface area contributed by atoms with Gasteiger partial charge >= 0.3 is 0 Å². The van der Waals surface area contributed by atoms with Crippen molar-refractivity contribution in [2.24, 2.45) is 11.3 Å². The van der Waals surface area contributed by atoms with Crippen molar-refractivity contribution < 1.29 is 21.9 Å². The molecule has 2 saturated heterocycles. The van der Waals surface area contributed by atoms with Crippen LogP contribution in [0.3, 0.4) is 0 Å². The number of thiol groups is 1. The summed E-state index contributed by atoms with van der Waals surface area (Å²) in [4.78, 5) is 4.49. The summed E-state index contributed by atoms with van der Waals surface area (Å²) in [6.07, 6.45) is 5.28. The summed E-state index contributed by atoms with van der Waals surface area (Å²) in [5.74, 6) is 0.0549. The van der Waals surface area contributed by atoms with Crippen LogP contribution in [-0.2, 0) is 21.9 Å². The first-order valence-corrected chi connectivity index (χ1v) is 15.5. The second-order valence-electron chi connectivity index (χ2n) is 11.9. The number of nitrogens with zero attached hydrogens (tertiary/aromatic N) is 4. The molecule has 0 amide bonds. The lowest BCUT2D eigenvalue weighted by molar-refractivity contribution is -0.0108. The molecule has 0 radical (unpaired) electrons. The Morgan fingerprint density at radius 1 is 1.02 bits per heavy atom. The SMILES string of the molecule is CO[C@H](C1CC1)C12Cc3c([SH](=O)=O)nn(-c4ccc(F)cc4)c3C=C1CCN(c1cccc(N3CC[C@H](F)C3)c1)C2. The van der Waals surface area contributed by atoms with Crippen molar-refractivity contribution in [2.75, 3.05) is 43.1 Å². The van der Waals surface area contributed by atoms with Crippen molar-refractivity contribution in [1.82, 2.24) is 9.78 Å².